The van der Waals surface area contributed by atoms with Gasteiger partial charge in [-0.1, -0.05) is 0 Å². The zero-order valence-electron chi connectivity index (χ0n) is 8.84. The highest BCUT2D eigenvalue weighted by molar-refractivity contribution is 9.10. The van der Waals surface area contributed by atoms with E-state index in [1.165, 1.54) is 30.7 Å². The van der Waals surface area contributed by atoms with Gasteiger partial charge in [0.1, 0.15) is 4.90 Å². The van der Waals surface area contributed by atoms with E-state index in [9.17, 15) is 12.8 Å². The molecule has 5 nitrogen and oxygen atoms in total. The molecule has 0 atom stereocenters. The summed E-state index contributed by atoms with van der Waals surface area (Å²) >= 11 is 3.12. The van der Waals surface area contributed by atoms with Crippen molar-refractivity contribution in [2.24, 2.45) is 0 Å². The largest absolute Gasteiger partial charge is 0.276 e. The minimum Gasteiger partial charge on any atom is -0.276 e. The number of anilines is 1. The Balaban J connectivity index is 2.37. The van der Waals surface area contributed by atoms with Crippen molar-refractivity contribution in [1.29, 1.82) is 0 Å². The Morgan fingerprint density at radius 2 is 2.00 bits per heavy atom. The predicted molar refractivity (Wildman–Crippen MR) is 66.9 cm³/mol. The SMILES string of the molecule is O=S(=O)(Nc1ccncc1F)c1cncc(Br)c1. The van der Waals surface area contributed by atoms with Crippen molar-refractivity contribution >= 4 is 31.6 Å². The highest BCUT2D eigenvalue weighted by Gasteiger charge is 2.16. The monoisotopic (exact) mass is 331 g/mol. The van der Waals surface area contributed by atoms with E-state index >= 15 is 0 Å². The van der Waals surface area contributed by atoms with Gasteiger partial charge in [-0.25, -0.2) is 12.8 Å². The number of nitrogens with one attached hydrogen (secondary N) is 1. The van der Waals surface area contributed by atoms with Crippen LogP contribution in [0.5, 0.6) is 0 Å². The molecule has 0 saturated carbocycles. The Hall–Kier alpha value is -1.54. The molecule has 0 unspecified atom stereocenters. The molecule has 0 spiro atoms. The van der Waals surface area contributed by atoms with Crippen LogP contribution in [0.4, 0.5) is 10.1 Å². The molecule has 0 bridgehead atoms. The van der Waals surface area contributed by atoms with Crippen LogP contribution in [0.2, 0.25) is 0 Å². The number of hydrogen-bond acceptors (Lipinski definition) is 4. The smallest absolute Gasteiger partial charge is 0.263 e. The molecule has 0 aromatic carbocycles. The second kappa shape index (κ2) is 4.99. The molecular weight excluding hydrogens is 325 g/mol. The van der Waals surface area contributed by atoms with Crippen molar-refractivity contribution < 1.29 is 12.8 Å². The second-order valence-electron chi connectivity index (χ2n) is 3.30. The van der Waals surface area contributed by atoms with Crippen LogP contribution < -0.4 is 4.72 Å². The predicted octanol–water partition coefficient (Wildman–Crippen LogP) is 2.18. The van der Waals surface area contributed by atoms with Crippen molar-refractivity contribution in [2.75, 3.05) is 4.72 Å². The Kier molecular flexibility index (Phi) is 3.58. The molecule has 0 fully saturated rings. The normalized spacial score (nSPS) is 11.2. The van der Waals surface area contributed by atoms with E-state index < -0.39 is 15.8 Å². The molecule has 0 saturated heterocycles. The van der Waals surface area contributed by atoms with Gasteiger partial charge in [-0.05, 0) is 28.1 Å². The highest BCUT2D eigenvalue weighted by atomic mass is 79.9. The minimum absolute atomic E-state index is 0.0620. The summed E-state index contributed by atoms with van der Waals surface area (Å²) in [6.07, 6.45) is 4.84. The fraction of sp³-hybridized carbons (Fsp3) is 0. The number of pyridine rings is 2. The molecule has 18 heavy (non-hydrogen) atoms. The number of aromatic nitrogens is 2. The maximum atomic E-state index is 13.3. The molecule has 0 aliphatic heterocycles. The van der Waals surface area contributed by atoms with Crippen molar-refractivity contribution in [3.05, 3.63) is 47.2 Å². The average Bonchev–Trinajstić information content (AvgIpc) is 2.32. The number of hydrogen-bond donors (Lipinski definition) is 1. The van der Waals surface area contributed by atoms with Gasteiger partial charge in [0, 0.05) is 23.1 Å². The lowest BCUT2D eigenvalue weighted by Crippen LogP contribution is -2.14. The Labute approximate surface area is 111 Å². The Morgan fingerprint density at radius 3 is 2.67 bits per heavy atom. The first kappa shape index (κ1) is 12.9. The van der Waals surface area contributed by atoms with Gasteiger partial charge in [-0.15, -0.1) is 0 Å². The van der Waals surface area contributed by atoms with Gasteiger partial charge >= 0.3 is 0 Å². The first-order chi connectivity index (χ1) is 8.49. The van der Waals surface area contributed by atoms with Crippen molar-refractivity contribution in [3.8, 4) is 0 Å². The lowest BCUT2D eigenvalue weighted by atomic mass is 10.4. The van der Waals surface area contributed by atoms with Crippen molar-refractivity contribution in [3.63, 3.8) is 0 Å². The molecule has 1 N–H and O–H groups in total. The summed E-state index contributed by atoms with van der Waals surface area (Å²) in [4.78, 5) is 7.21. The van der Waals surface area contributed by atoms with Crippen molar-refractivity contribution in [1.82, 2.24) is 9.97 Å². The number of nitrogens with zero attached hydrogens (tertiary/aromatic N) is 2. The third-order valence-electron chi connectivity index (χ3n) is 2.01. The van der Waals surface area contributed by atoms with Gasteiger partial charge < -0.3 is 0 Å². The fourth-order valence-corrected chi connectivity index (χ4v) is 2.77. The molecule has 8 heteroatoms. The number of sulfonamides is 1. The van der Waals surface area contributed by atoms with Crippen LogP contribution in [0, 0.1) is 5.82 Å². The third-order valence-corrected chi connectivity index (χ3v) is 3.77. The lowest BCUT2D eigenvalue weighted by Gasteiger charge is -2.08. The van der Waals surface area contributed by atoms with Gasteiger partial charge in [0.05, 0.1) is 11.9 Å². The van der Waals surface area contributed by atoms with Crippen LogP contribution in [0.15, 0.2) is 46.3 Å². The first-order valence-electron chi connectivity index (χ1n) is 4.72. The van der Waals surface area contributed by atoms with E-state index in [2.05, 4.69) is 30.6 Å². The van der Waals surface area contributed by atoms with Crippen LogP contribution in [0.1, 0.15) is 0 Å². The second-order valence-corrected chi connectivity index (χ2v) is 5.90. The standard InChI is InChI=1S/C10H7BrFN3O2S/c11-7-3-8(5-14-4-7)18(16,17)15-10-1-2-13-6-9(10)12/h1-6H,(H,13,15). The molecule has 0 radical (unpaired) electrons. The third kappa shape index (κ3) is 2.82. The Bertz CT molecular complexity index is 678. The summed E-state index contributed by atoms with van der Waals surface area (Å²) in [5, 5.41) is 0. The Morgan fingerprint density at radius 1 is 1.22 bits per heavy atom. The van der Waals surface area contributed by atoms with E-state index in [0.29, 0.717) is 4.47 Å². The molecule has 2 aromatic rings. The first-order valence-corrected chi connectivity index (χ1v) is 6.99. The summed E-state index contributed by atoms with van der Waals surface area (Å²) in [7, 11) is -3.87. The highest BCUT2D eigenvalue weighted by Crippen LogP contribution is 2.19. The lowest BCUT2D eigenvalue weighted by molar-refractivity contribution is 0.597. The summed E-state index contributed by atoms with van der Waals surface area (Å²) in [6, 6.07) is 2.60. The van der Waals surface area contributed by atoms with Crippen LogP contribution in [0.25, 0.3) is 0 Å². The summed E-state index contributed by atoms with van der Waals surface area (Å²) in [5.41, 5.74) is -0.162. The maximum absolute atomic E-state index is 13.3. The zero-order chi connectivity index (χ0) is 13.2. The molecule has 2 heterocycles. The molecule has 0 amide bonds. The van der Waals surface area contributed by atoms with Gasteiger partial charge in [0.2, 0.25) is 0 Å². The minimum atomic E-state index is -3.87. The summed E-state index contributed by atoms with van der Waals surface area (Å²) in [6.45, 7) is 0. The van der Waals surface area contributed by atoms with Crippen LogP contribution in [-0.2, 0) is 10.0 Å². The molecular formula is C10H7BrFN3O2S. The van der Waals surface area contributed by atoms with Crippen molar-refractivity contribution in [2.45, 2.75) is 4.90 Å². The molecule has 2 aromatic heterocycles. The summed E-state index contributed by atoms with van der Waals surface area (Å²) < 4.78 is 39.8. The average molecular weight is 332 g/mol. The fourth-order valence-electron chi connectivity index (χ4n) is 1.20. The van der Waals surface area contributed by atoms with Gasteiger partial charge in [0.15, 0.2) is 5.82 Å². The van der Waals surface area contributed by atoms with E-state index in [4.69, 9.17) is 0 Å². The van der Waals surface area contributed by atoms with Gasteiger partial charge in [0.25, 0.3) is 10.0 Å². The molecule has 2 rings (SSSR count). The van der Waals surface area contributed by atoms with Gasteiger partial charge in [-0.3, -0.25) is 14.7 Å². The maximum Gasteiger partial charge on any atom is 0.263 e. The van der Waals surface area contributed by atoms with Gasteiger partial charge in [-0.2, -0.15) is 0 Å². The molecule has 0 aliphatic carbocycles. The van der Waals surface area contributed by atoms with Crippen LogP contribution in [-0.4, -0.2) is 18.4 Å². The number of rotatable bonds is 3. The molecule has 94 valence electrons. The summed E-state index contributed by atoms with van der Waals surface area (Å²) in [5.74, 6) is -0.746. The molecule has 0 aliphatic rings. The van der Waals surface area contributed by atoms with Crippen LogP contribution in [0.3, 0.4) is 0 Å². The number of halogens is 2. The van der Waals surface area contributed by atoms with Crippen LogP contribution >= 0.6 is 15.9 Å². The van der Waals surface area contributed by atoms with E-state index in [1.54, 1.807) is 0 Å². The topological polar surface area (TPSA) is 72.0 Å². The van der Waals surface area contributed by atoms with E-state index in [0.717, 1.165) is 6.20 Å². The van der Waals surface area contributed by atoms with E-state index in [1.807, 2.05) is 0 Å². The zero-order valence-corrected chi connectivity index (χ0v) is 11.2. The van der Waals surface area contributed by atoms with E-state index in [-0.39, 0.29) is 10.6 Å². The quantitative estimate of drug-likeness (QED) is 0.935.